The van der Waals surface area contributed by atoms with E-state index in [9.17, 15) is 14.7 Å². The first-order chi connectivity index (χ1) is 22.8. The maximum absolute atomic E-state index is 12.7. The molecule has 0 aromatic heterocycles. The van der Waals surface area contributed by atoms with Gasteiger partial charge in [0.2, 0.25) is 0 Å². The number of esters is 2. The summed E-state index contributed by atoms with van der Waals surface area (Å²) in [6, 6.07) is 0. The highest BCUT2D eigenvalue weighted by Gasteiger charge is 2.28. The number of aliphatic hydroxyl groups excluding tert-OH is 1. The lowest BCUT2D eigenvalue weighted by molar-refractivity contribution is -0.154. The predicted molar refractivity (Wildman–Crippen MR) is 200 cm³/mol. The van der Waals surface area contributed by atoms with Gasteiger partial charge in [-0.25, -0.2) is 0 Å². The zero-order valence-electron chi connectivity index (χ0n) is 32.2. The molecule has 0 saturated heterocycles. The first-order valence-corrected chi connectivity index (χ1v) is 20.5. The van der Waals surface area contributed by atoms with Crippen molar-refractivity contribution in [2.45, 2.75) is 202 Å². The number of hydrogen-bond donors (Lipinski definition) is 1. The summed E-state index contributed by atoms with van der Waals surface area (Å²) in [6.07, 6.45) is 29.6. The largest absolute Gasteiger partial charge is 0.466 e. The number of carbonyl (C=O) groups excluding carboxylic acids is 2. The highest BCUT2D eigenvalue weighted by molar-refractivity contribution is 5.75. The number of unbranched alkanes of at least 4 members (excludes halogenated alkanes) is 16. The fourth-order valence-electron chi connectivity index (χ4n) is 6.39. The molecule has 0 aliphatic rings. The Bertz CT molecular complexity index is 693. The number of ether oxygens (including phenoxy) is 2. The summed E-state index contributed by atoms with van der Waals surface area (Å²) < 4.78 is 11.1. The van der Waals surface area contributed by atoms with Gasteiger partial charge in [-0.3, -0.25) is 9.59 Å². The van der Waals surface area contributed by atoms with Crippen molar-refractivity contribution in [3.8, 4) is 0 Å². The summed E-state index contributed by atoms with van der Waals surface area (Å²) >= 11 is 0. The number of carbonyl (C=O) groups is 2. The van der Waals surface area contributed by atoms with E-state index in [2.05, 4.69) is 25.7 Å². The van der Waals surface area contributed by atoms with E-state index in [0.717, 1.165) is 96.2 Å². The number of hydrogen-bond acceptors (Lipinski definition) is 6. The third-order valence-electron chi connectivity index (χ3n) is 9.97. The average Bonchev–Trinajstić information content (AvgIpc) is 3.06. The second kappa shape index (κ2) is 33.4. The Morgan fingerprint density at radius 2 is 1.09 bits per heavy atom. The van der Waals surface area contributed by atoms with Gasteiger partial charge in [-0.05, 0) is 77.8 Å². The van der Waals surface area contributed by atoms with Crippen LogP contribution in [-0.2, 0) is 19.1 Å². The fraction of sp³-hybridized carbons (Fsp3) is 0.951. The predicted octanol–water partition coefficient (Wildman–Crippen LogP) is 11.2. The zero-order chi connectivity index (χ0) is 34.9. The number of nitrogens with zero attached hydrogens (tertiary/aromatic N) is 1. The normalized spacial score (nSPS) is 11.9. The molecule has 6 heteroatoms. The topological polar surface area (TPSA) is 76.1 Å². The molecule has 0 rings (SSSR count). The van der Waals surface area contributed by atoms with Gasteiger partial charge in [-0.15, -0.1) is 0 Å². The Kier molecular flexibility index (Phi) is 32.6. The summed E-state index contributed by atoms with van der Waals surface area (Å²) in [7, 11) is 0. The first kappa shape index (κ1) is 45.9. The van der Waals surface area contributed by atoms with Gasteiger partial charge < -0.3 is 19.5 Å². The summed E-state index contributed by atoms with van der Waals surface area (Å²) in [5.74, 6) is 0.813. The Hall–Kier alpha value is -1.14. The third kappa shape index (κ3) is 29.5. The van der Waals surface area contributed by atoms with Crippen molar-refractivity contribution in [1.29, 1.82) is 0 Å². The average molecular weight is 668 g/mol. The smallest absolute Gasteiger partial charge is 0.311 e. The maximum Gasteiger partial charge on any atom is 0.311 e. The van der Waals surface area contributed by atoms with Crippen molar-refractivity contribution in [3.63, 3.8) is 0 Å². The van der Waals surface area contributed by atoms with Crippen molar-refractivity contribution in [2.24, 2.45) is 11.3 Å². The van der Waals surface area contributed by atoms with Gasteiger partial charge in [0.1, 0.15) is 0 Å². The van der Waals surface area contributed by atoms with Gasteiger partial charge in [-0.2, -0.15) is 0 Å². The van der Waals surface area contributed by atoms with Crippen LogP contribution in [0.5, 0.6) is 0 Å². The van der Waals surface area contributed by atoms with E-state index in [1.165, 1.54) is 89.9 Å². The van der Waals surface area contributed by atoms with Gasteiger partial charge in [-0.1, -0.05) is 136 Å². The van der Waals surface area contributed by atoms with Crippen molar-refractivity contribution < 1.29 is 24.2 Å². The molecular weight excluding hydrogens is 586 g/mol. The van der Waals surface area contributed by atoms with E-state index in [4.69, 9.17) is 9.47 Å². The molecule has 47 heavy (non-hydrogen) atoms. The summed E-state index contributed by atoms with van der Waals surface area (Å²) in [6.45, 7) is 15.4. The van der Waals surface area contributed by atoms with Gasteiger partial charge in [0.25, 0.3) is 0 Å². The van der Waals surface area contributed by atoms with Crippen LogP contribution < -0.4 is 0 Å². The molecule has 0 unspecified atom stereocenters. The van der Waals surface area contributed by atoms with Crippen LogP contribution in [0.4, 0.5) is 0 Å². The highest BCUT2D eigenvalue weighted by atomic mass is 16.5. The van der Waals surface area contributed by atoms with Crippen LogP contribution in [0.1, 0.15) is 202 Å². The second-order valence-corrected chi connectivity index (χ2v) is 14.8. The molecule has 6 nitrogen and oxygen atoms in total. The molecule has 0 spiro atoms. The molecule has 0 bridgehead atoms. The van der Waals surface area contributed by atoms with Crippen molar-refractivity contribution in [2.75, 3.05) is 39.5 Å². The zero-order valence-corrected chi connectivity index (χ0v) is 32.2. The van der Waals surface area contributed by atoms with Gasteiger partial charge in [0.15, 0.2) is 0 Å². The molecule has 1 N–H and O–H groups in total. The van der Waals surface area contributed by atoms with Crippen LogP contribution in [0.25, 0.3) is 0 Å². The Morgan fingerprint density at radius 3 is 1.68 bits per heavy atom. The van der Waals surface area contributed by atoms with Crippen LogP contribution >= 0.6 is 0 Å². The van der Waals surface area contributed by atoms with Crippen molar-refractivity contribution in [1.82, 2.24) is 4.90 Å². The fourth-order valence-corrected chi connectivity index (χ4v) is 6.39. The molecule has 0 atom stereocenters. The minimum Gasteiger partial charge on any atom is -0.466 e. The lowest BCUT2D eigenvalue weighted by Gasteiger charge is -2.23. The summed E-state index contributed by atoms with van der Waals surface area (Å²) in [5.41, 5.74) is -0.405. The minimum absolute atomic E-state index is 0.0246. The lowest BCUT2D eigenvalue weighted by atomic mass is 9.87. The van der Waals surface area contributed by atoms with Crippen LogP contribution in [0.15, 0.2) is 0 Å². The van der Waals surface area contributed by atoms with E-state index in [1.807, 2.05) is 13.8 Å². The van der Waals surface area contributed by atoms with Crippen LogP contribution in [-0.4, -0.2) is 61.4 Å². The molecule has 0 aliphatic heterocycles. The molecule has 0 aliphatic carbocycles. The molecule has 0 radical (unpaired) electrons. The van der Waals surface area contributed by atoms with Crippen LogP contribution in [0, 0.1) is 11.3 Å². The van der Waals surface area contributed by atoms with Crippen molar-refractivity contribution >= 4 is 11.9 Å². The molecule has 0 amide bonds. The van der Waals surface area contributed by atoms with Gasteiger partial charge in [0.05, 0.1) is 18.6 Å². The van der Waals surface area contributed by atoms with E-state index in [1.54, 1.807) is 0 Å². The summed E-state index contributed by atoms with van der Waals surface area (Å²) in [4.78, 5) is 27.1. The maximum atomic E-state index is 12.7. The quantitative estimate of drug-likeness (QED) is 0.0529. The third-order valence-corrected chi connectivity index (χ3v) is 9.97. The molecule has 0 heterocycles. The SMILES string of the molecule is CCCCCCCCCC(=O)OCCCCCCCN(CCCO)CCCCCCC(C)(C)C(=O)OCCCCCCC(CC)CC. The number of aliphatic hydroxyl groups is 1. The monoisotopic (exact) mass is 668 g/mol. The first-order valence-electron chi connectivity index (χ1n) is 20.5. The molecule has 0 saturated carbocycles. The lowest BCUT2D eigenvalue weighted by Crippen LogP contribution is -2.28. The molecule has 280 valence electrons. The second-order valence-electron chi connectivity index (χ2n) is 14.8. The number of rotatable bonds is 36. The Morgan fingerprint density at radius 1 is 0.596 bits per heavy atom. The standard InChI is InChI=1S/C41H81NO5/c1-6-9-10-11-12-14-22-30-39(44)46-36-26-19-13-17-24-32-42(34-28-35-43)33-25-18-16-23-31-41(4,5)40(45)47-37-27-20-15-21-29-38(7-2)8-3/h38,43H,6-37H2,1-5H3. The van der Waals surface area contributed by atoms with Crippen LogP contribution in [0.2, 0.25) is 0 Å². The van der Waals surface area contributed by atoms with E-state index in [-0.39, 0.29) is 18.5 Å². The molecule has 0 aromatic rings. The highest BCUT2D eigenvalue weighted by Crippen LogP contribution is 2.26. The van der Waals surface area contributed by atoms with Crippen LogP contribution in [0.3, 0.4) is 0 Å². The minimum atomic E-state index is -0.405. The Labute approximate surface area is 292 Å². The Balaban J connectivity index is 3.86. The molecular formula is C41H81NO5. The van der Waals surface area contributed by atoms with Gasteiger partial charge in [0, 0.05) is 19.6 Å². The van der Waals surface area contributed by atoms with E-state index >= 15 is 0 Å². The van der Waals surface area contributed by atoms with E-state index in [0.29, 0.717) is 19.6 Å². The van der Waals surface area contributed by atoms with Gasteiger partial charge >= 0.3 is 11.9 Å². The summed E-state index contributed by atoms with van der Waals surface area (Å²) in [5, 5.41) is 9.35. The van der Waals surface area contributed by atoms with E-state index < -0.39 is 5.41 Å². The molecule has 0 fully saturated rings. The van der Waals surface area contributed by atoms with Crippen molar-refractivity contribution in [3.05, 3.63) is 0 Å². The molecule has 0 aromatic carbocycles.